The van der Waals surface area contributed by atoms with E-state index in [1.54, 1.807) is 0 Å². The Hall–Kier alpha value is -4.56. The predicted octanol–water partition coefficient (Wildman–Crippen LogP) is 0.614. The average Bonchev–Trinajstić information content (AvgIpc) is 3.78. The molecule has 3 amide bonds. The van der Waals surface area contributed by atoms with Crippen molar-refractivity contribution < 1.29 is 39.0 Å². The third-order valence-electron chi connectivity index (χ3n) is 6.31. The highest BCUT2D eigenvalue weighted by Gasteiger charge is 2.54. The summed E-state index contributed by atoms with van der Waals surface area (Å²) in [5.74, 6) is -3.31. The summed E-state index contributed by atoms with van der Waals surface area (Å²) < 4.78 is 1.26. The van der Waals surface area contributed by atoms with Gasteiger partial charge in [-0.1, -0.05) is 29.1 Å². The van der Waals surface area contributed by atoms with Crippen molar-refractivity contribution in [1.82, 2.24) is 35.4 Å². The Morgan fingerprint density at radius 1 is 1.30 bits per heavy atom. The molecule has 0 bridgehead atoms. The minimum atomic E-state index is -1.30. The van der Waals surface area contributed by atoms with Crippen molar-refractivity contribution >= 4 is 82.1 Å². The summed E-state index contributed by atoms with van der Waals surface area (Å²) >= 11 is 3.47. The Morgan fingerprint density at radius 2 is 2.14 bits per heavy atom. The molecule has 3 atom stereocenters. The summed E-state index contributed by atoms with van der Waals surface area (Å²) in [7, 11) is 0. The van der Waals surface area contributed by atoms with Gasteiger partial charge in [0.05, 0.1) is 6.42 Å². The summed E-state index contributed by atoms with van der Waals surface area (Å²) in [5, 5.41) is 40.4. The fourth-order valence-corrected chi connectivity index (χ4v) is 7.30. The van der Waals surface area contributed by atoms with Crippen LogP contribution in [0.5, 0.6) is 0 Å². The summed E-state index contributed by atoms with van der Waals surface area (Å²) in [5.41, 5.74) is 0.188. The number of allylic oxidation sites excluding steroid dienone is 1. The van der Waals surface area contributed by atoms with Gasteiger partial charge < -0.3 is 25.7 Å². The van der Waals surface area contributed by atoms with Crippen LogP contribution in [0.15, 0.2) is 45.2 Å². The lowest BCUT2D eigenvalue weighted by Gasteiger charge is -2.49. The fourth-order valence-electron chi connectivity index (χ4n) is 4.30. The molecule has 2 aliphatic heterocycles. The van der Waals surface area contributed by atoms with E-state index in [9.17, 15) is 29.1 Å². The number of carboxylic acid groups (broad SMARTS) is 2. The highest BCUT2D eigenvalue weighted by Crippen LogP contribution is 2.41. The van der Waals surface area contributed by atoms with Gasteiger partial charge in [-0.2, -0.15) is 4.68 Å². The van der Waals surface area contributed by atoms with Crippen molar-refractivity contribution in [3.63, 3.8) is 0 Å². The molecule has 2 aromatic rings. The summed E-state index contributed by atoms with van der Waals surface area (Å²) in [6, 6.07) is -1.04. The third-order valence-corrected chi connectivity index (χ3v) is 9.44. The third kappa shape index (κ3) is 6.81. The van der Waals surface area contributed by atoms with Gasteiger partial charge in [0.1, 0.15) is 28.9 Å². The number of thioether (sulfide) groups is 2. The van der Waals surface area contributed by atoms with Crippen molar-refractivity contribution in [2.45, 2.75) is 41.9 Å². The predicted molar refractivity (Wildman–Crippen MR) is 157 cm³/mol. The van der Waals surface area contributed by atoms with E-state index >= 15 is 0 Å². The molecule has 17 nitrogen and oxygen atoms in total. The van der Waals surface area contributed by atoms with Gasteiger partial charge >= 0.3 is 11.9 Å². The normalized spacial score (nSPS) is 21.3. The van der Waals surface area contributed by atoms with Gasteiger partial charge in [0.2, 0.25) is 11.6 Å². The second-order valence-electron chi connectivity index (χ2n) is 9.18. The SMILES string of the molecule is O=CNc1nc(C(=NOC2C=CCC2)C(=O)NC2C(=O)N3C(C(=O)O)=C(CSc4nnnn4C=CCC(=O)O)CS[C@@H]23)cs1. The van der Waals surface area contributed by atoms with Crippen LogP contribution < -0.4 is 10.6 Å². The Morgan fingerprint density at radius 3 is 2.86 bits per heavy atom. The van der Waals surface area contributed by atoms with Gasteiger partial charge in [0.15, 0.2) is 10.8 Å². The number of rotatable bonds is 14. The van der Waals surface area contributed by atoms with E-state index in [0.717, 1.165) is 34.4 Å². The van der Waals surface area contributed by atoms with Crippen LogP contribution in [0.1, 0.15) is 25.0 Å². The van der Waals surface area contributed by atoms with E-state index in [0.29, 0.717) is 23.6 Å². The standard InChI is InChI=1S/C24H23N9O8S3/c34-11-25-23-26-14(10-43-23)16(29-41-13-4-1-2-5-13)19(37)27-17-20(38)33-18(22(39)40)12(8-42-21(17)33)9-44-24-28-30-31-32(24)7-3-6-15(35)36/h1,3-4,7,10-11,13,17,21H,2,5-6,8-9H2,(H,27,37)(H,35,36)(H,39,40)(H,25,26,34)/t13?,17?,21-/m0/s1. The first kappa shape index (κ1) is 30.9. The van der Waals surface area contributed by atoms with E-state index in [2.05, 4.69) is 36.3 Å². The lowest BCUT2D eigenvalue weighted by molar-refractivity contribution is -0.150. The molecule has 0 aromatic carbocycles. The molecule has 0 spiro atoms. The minimum absolute atomic E-state index is 0.129. The molecule has 1 saturated heterocycles. The molecule has 1 fully saturated rings. The number of carbonyl (C=O) groups is 5. The zero-order chi connectivity index (χ0) is 31.2. The van der Waals surface area contributed by atoms with Crippen LogP contribution in [0.3, 0.4) is 0 Å². The number of amides is 3. The van der Waals surface area contributed by atoms with Gasteiger partial charge in [0.25, 0.3) is 11.8 Å². The zero-order valence-electron chi connectivity index (χ0n) is 22.4. The zero-order valence-corrected chi connectivity index (χ0v) is 24.9. The number of carboxylic acids is 2. The highest BCUT2D eigenvalue weighted by molar-refractivity contribution is 8.01. The van der Waals surface area contributed by atoms with Crippen molar-refractivity contribution in [2.75, 3.05) is 16.8 Å². The average molecular weight is 662 g/mol. The first-order valence-electron chi connectivity index (χ1n) is 12.8. The molecule has 230 valence electrons. The number of anilines is 1. The molecule has 4 heterocycles. The number of fused-ring (bicyclic) bond motifs is 1. The molecule has 44 heavy (non-hydrogen) atoms. The second-order valence-corrected chi connectivity index (χ2v) is 12.1. The summed E-state index contributed by atoms with van der Waals surface area (Å²) in [4.78, 5) is 71.3. The summed E-state index contributed by atoms with van der Waals surface area (Å²) in [6.45, 7) is 0. The van der Waals surface area contributed by atoms with Crippen LogP contribution >= 0.6 is 34.9 Å². The smallest absolute Gasteiger partial charge is 0.352 e. The number of tetrazole rings is 1. The van der Waals surface area contributed by atoms with Crippen molar-refractivity contribution in [1.29, 1.82) is 0 Å². The van der Waals surface area contributed by atoms with Crippen molar-refractivity contribution in [3.05, 3.63) is 40.6 Å². The van der Waals surface area contributed by atoms with Crippen LogP contribution in [-0.2, 0) is 28.8 Å². The number of aromatic nitrogens is 5. The lowest BCUT2D eigenvalue weighted by Crippen LogP contribution is -2.71. The molecule has 2 unspecified atom stereocenters. The lowest BCUT2D eigenvalue weighted by atomic mass is 10.0. The molecule has 4 N–H and O–H groups in total. The maximum Gasteiger partial charge on any atom is 0.352 e. The maximum absolute atomic E-state index is 13.4. The van der Waals surface area contributed by atoms with E-state index in [4.69, 9.17) is 9.94 Å². The number of carbonyl (C=O) groups excluding carboxylic acids is 3. The number of hydrogen-bond acceptors (Lipinski definition) is 14. The van der Waals surface area contributed by atoms with Crippen molar-refractivity contribution in [3.8, 4) is 0 Å². The molecular weight excluding hydrogens is 639 g/mol. The van der Waals surface area contributed by atoms with E-state index in [1.165, 1.54) is 34.1 Å². The number of thiazole rings is 1. The monoisotopic (exact) mass is 661 g/mol. The van der Waals surface area contributed by atoms with Gasteiger partial charge in [-0.3, -0.25) is 24.1 Å². The van der Waals surface area contributed by atoms with Crippen molar-refractivity contribution in [2.24, 2.45) is 5.16 Å². The molecule has 5 rings (SSSR count). The Bertz CT molecular complexity index is 1600. The van der Waals surface area contributed by atoms with Crippen LogP contribution in [0.2, 0.25) is 0 Å². The van der Waals surface area contributed by atoms with Crippen LogP contribution in [0.25, 0.3) is 6.20 Å². The molecule has 1 aliphatic carbocycles. The fraction of sp³-hybridized carbons (Fsp3) is 0.333. The number of aliphatic carboxylic acids is 2. The Labute approximate surface area is 260 Å². The van der Waals surface area contributed by atoms with Crippen LogP contribution in [0.4, 0.5) is 5.13 Å². The van der Waals surface area contributed by atoms with Crippen LogP contribution in [0, 0.1) is 0 Å². The second kappa shape index (κ2) is 13.8. The number of nitrogens with one attached hydrogen (secondary N) is 2. The van der Waals surface area contributed by atoms with Gasteiger partial charge in [-0.05, 0) is 34.9 Å². The number of β-lactam (4-membered cyclic amide) rings is 1. The Balaban J connectivity index is 1.29. The van der Waals surface area contributed by atoms with Gasteiger partial charge in [0, 0.05) is 23.1 Å². The molecule has 20 heteroatoms. The van der Waals surface area contributed by atoms with E-state index in [-0.39, 0.29) is 46.3 Å². The van der Waals surface area contributed by atoms with Gasteiger partial charge in [-0.15, -0.1) is 28.2 Å². The largest absolute Gasteiger partial charge is 0.481 e. The van der Waals surface area contributed by atoms with E-state index < -0.39 is 35.2 Å². The maximum atomic E-state index is 13.4. The number of oxime groups is 1. The first-order valence-corrected chi connectivity index (χ1v) is 15.7. The topological polar surface area (TPSA) is 231 Å². The number of nitrogens with zero attached hydrogens (tertiary/aromatic N) is 7. The Kier molecular flexibility index (Phi) is 9.70. The van der Waals surface area contributed by atoms with Crippen LogP contribution in [-0.4, -0.2) is 105 Å². The molecule has 0 saturated carbocycles. The first-order chi connectivity index (χ1) is 21.3. The highest BCUT2D eigenvalue weighted by atomic mass is 32.2. The summed E-state index contributed by atoms with van der Waals surface area (Å²) in [6.07, 6.45) is 7.87. The molecule has 0 radical (unpaired) electrons. The van der Waals surface area contributed by atoms with E-state index in [1.807, 2.05) is 12.2 Å². The number of hydrogen-bond donors (Lipinski definition) is 4. The molecule has 2 aromatic heterocycles. The quantitative estimate of drug-likeness (QED) is 0.0543. The minimum Gasteiger partial charge on any atom is -0.481 e. The van der Waals surface area contributed by atoms with Gasteiger partial charge in [-0.25, -0.2) is 9.78 Å². The molecule has 3 aliphatic rings. The molecular formula is C24H23N9O8S3.